The van der Waals surface area contributed by atoms with Gasteiger partial charge in [0.05, 0.1) is 0 Å². The molecular weight excluding hydrogens is 146 g/mol. The first-order chi connectivity index (χ1) is 5.16. The third-order valence-electron chi connectivity index (χ3n) is 0.933. The van der Waals surface area contributed by atoms with Crippen LogP contribution in [0.5, 0.6) is 0 Å². The maximum atomic E-state index is 10.6. The van der Waals surface area contributed by atoms with E-state index in [0.717, 1.165) is 0 Å². The molecule has 0 rings (SSSR count). The zero-order valence-corrected chi connectivity index (χ0v) is 5.96. The molecule has 0 fully saturated rings. The van der Waals surface area contributed by atoms with Gasteiger partial charge in [0.15, 0.2) is 0 Å². The Morgan fingerprint density at radius 2 is 2.18 bits per heavy atom. The van der Waals surface area contributed by atoms with E-state index in [4.69, 9.17) is 11.5 Å². The summed E-state index contributed by atoms with van der Waals surface area (Å²) >= 11 is 0. The van der Waals surface area contributed by atoms with Gasteiger partial charge in [-0.1, -0.05) is 0 Å². The second-order valence-electron chi connectivity index (χ2n) is 1.87. The van der Waals surface area contributed by atoms with Crippen molar-refractivity contribution < 1.29 is 14.7 Å². The minimum absolute atomic E-state index is 0.184. The molecule has 0 aliphatic heterocycles. The van der Waals surface area contributed by atoms with Crippen molar-refractivity contribution in [2.45, 2.75) is 12.8 Å². The van der Waals surface area contributed by atoms with E-state index in [9.17, 15) is 9.59 Å². The Hall–Kier alpha value is -1.50. The van der Waals surface area contributed by atoms with E-state index in [0.29, 0.717) is 6.42 Å². The Labute approximate surface area is 64.6 Å². The summed E-state index contributed by atoms with van der Waals surface area (Å²) in [4.78, 5) is 20.6. The second kappa shape index (κ2) is 5.30. The average molecular weight is 155 g/mol. The van der Waals surface area contributed by atoms with Gasteiger partial charge in [-0.15, -0.1) is 12.3 Å². The largest absolute Gasteiger partial charge is 0.480 e. The number of terminal acetylenes is 1. The zero-order chi connectivity index (χ0) is 8.69. The molecule has 0 saturated heterocycles. The lowest BCUT2D eigenvalue weighted by atomic mass is 10.3. The molecule has 0 atom stereocenters. The van der Waals surface area contributed by atoms with Crippen LogP contribution in [0.4, 0.5) is 0 Å². The summed E-state index contributed by atoms with van der Waals surface area (Å²) in [6, 6.07) is 0. The molecule has 0 aliphatic rings. The number of hydrogen-bond acceptors (Lipinski definition) is 2. The Morgan fingerprint density at radius 1 is 1.55 bits per heavy atom. The van der Waals surface area contributed by atoms with Crippen LogP contribution in [0.15, 0.2) is 0 Å². The normalized spacial score (nSPS) is 8.27. The van der Waals surface area contributed by atoms with Crippen molar-refractivity contribution in [3.05, 3.63) is 0 Å². The highest BCUT2D eigenvalue weighted by molar-refractivity contribution is 5.81. The molecule has 0 heterocycles. The van der Waals surface area contributed by atoms with E-state index < -0.39 is 5.97 Å². The number of hydrogen-bond donors (Lipinski definition) is 2. The summed E-state index contributed by atoms with van der Waals surface area (Å²) in [5, 5.41) is 10.3. The number of carbonyl (C=O) groups excluding carboxylic acids is 1. The van der Waals surface area contributed by atoms with Gasteiger partial charge in [0.25, 0.3) is 0 Å². The van der Waals surface area contributed by atoms with Crippen molar-refractivity contribution in [2.24, 2.45) is 0 Å². The van der Waals surface area contributed by atoms with Crippen LogP contribution in [0.3, 0.4) is 0 Å². The minimum atomic E-state index is -1.06. The van der Waals surface area contributed by atoms with Gasteiger partial charge < -0.3 is 10.4 Å². The first-order valence-corrected chi connectivity index (χ1v) is 3.08. The maximum absolute atomic E-state index is 10.6. The summed E-state index contributed by atoms with van der Waals surface area (Å²) in [5.41, 5.74) is 0. The van der Waals surface area contributed by atoms with Crippen LogP contribution >= 0.6 is 0 Å². The zero-order valence-electron chi connectivity index (χ0n) is 5.96. The predicted octanol–water partition coefficient (Wildman–Crippen LogP) is -0.399. The Morgan fingerprint density at radius 3 is 2.64 bits per heavy atom. The first-order valence-electron chi connectivity index (χ1n) is 3.08. The van der Waals surface area contributed by atoms with Crippen molar-refractivity contribution in [1.29, 1.82) is 0 Å². The summed E-state index contributed by atoms with van der Waals surface area (Å²) in [6.45, 7) is -0.344. The van der Waals surface area contributed by atoms with Gasteiger partial charge in [-0.25, -0.2) is 0 Å². The van der Waals surface area contributed by atoms with E-state index in [1.54, 1.807) is 0 Å². The van der Waals surface area contributed by atoms with Gasteiger partial charge in [-0.05, 0) is 0 Å². The van der Waals surface area contributed by atoms with Crippen molar-refractivity contribution in [2.75, 3.05) is 6.54 Å². The van der Waals surface area contributed by atoms with Gasteiger partial charge in [0.1, 0.15) is 6.54 Å². The third kappa shape index (κ3) is 6.38. The average Bonchev–Trinajstić information content (AvgIpc) is 1.97. The van der Waals surface area contributed by atoms with Crippen LogP contribution in [0.2, 0.25) is 0 Å². The lowest BCUT2D eigenvalue weighted by Crippen LogP contribution is -2.28. The Kier molecular flexibility index (Phi) is 4.58. The van der Waals surface area contributed by atoms with Crippen LogP contribution in [0, 0.1) is 12.3 Å². The van der Waals surface area contributed by atoms with Gasteiger partial charge in [0.2, 0.25) is 5.91 Å². The first kappa shape index (κ1) is 9.50. The molecule has 0 spiro atoms. The van der Waals surface area contributed by atoms with Crippen LogP contribution in [0.1, 0.15) is 12.8 Å². The number of nitrogens with one attached hydrogen (secondary N) is 1. The molecule has 1 amide bonds. The van der Waals surface area contributed by atoms with Crippen LogP contribution in [-0.4, -0.2) is 23.5 Å². The summed E-state index contributed by atoms with van der Waals surface area (Å²) in [6.07, 6.45) is 5.41. The van der Waals surface area contributed by atoms with Crippen LogP contribution in [-0.2, 0) is 9.59 Å². The number of carboxylic acids is 1. The molecule has 0 bridgehead atoms. The fraction of sp³-hybridized carbons (Fsp3) is 0.429. The quantitative estimate of drug-likeness (QED) is 0.543. The van der Waals surface area contributed by atoms with Gasteiger partial charge in [0, 0.05) is 12.8 Å². The molecule has 0 saturated carbocycles. The van der Waals surface area contributed by atoms with Crippen molar-refractivity contribution >= 4 is 11.9 Å². The fourth-order valence-corrected chi connectivity index (χ4v) is 0.448. The minimum Gasteiger partial charge on any atom is -0.480 e. The van der Waals surface area contributed by atoms with E-state index in [2.05, 4.69) is 11.2 Å². The Balaban J connectivity index is 3.39. The highest BCUT2D eigenvalue weighted by Crippen LogP contribution is 1.84. The van der Waals surface area contributed by atoms with Crippen molar-refractivity contribution in [3.8, 4) is 12.3 Å². The molecule has 0 aromatic heterocycles. The molecule has 0 aromatic rings. The third-order valence-corrected chi connectivity index (χ3v) is 0.933. The Bertz CT molecular complexity index is 192. The molecule has 11 heavy (non-hydrogen) atoms. The van der Waals surface area contributed by atoms with Gasteiger partial charge in [-0.3, -0.25) is 9.59 Å². The molecule has 60 valence electrons. The maximum Gasteiger partial charge on any atom is 0.322 e. The van der Waals surface area contributed by atoms with E-state index >= 15 is 0 Å². The molecule has 4 heteroatoms. The topological polar surface area (TPSA) is 66.4 Å². The smallest absolute Gasteiger partial charge is 0.322 e. The highest BCUT2D eigenvalue weighted by atomic mass is 16.4. The van der Waals surface area contributed by atoms with Crippen molar-refractivity contribution in [3.63, 3.8) is 0 Å². The number of carboxylic acid groups (broad SMARTS) is 1. The second-order valence-corrected chi connectivity index (χ2v) is 1.87. The number of amides is 1. The monoisotopic (exact) mass is 155 g/mol. The lowest BCUT2D eigenvalue weighted by molar-refractivity contribution is -0.137. The number of rotatable bonds is 4. The molecule has 0 unspecified atom stereocenters. The number of aliphatic carboxylic acids is 1. The van der Waals surface area contributed by atoms with E-state index in [-0.39, 0.29) is 18.9 Å². The molecule has 0 aliphatic carbocycles. The molecule has 0 aromatic carbocycles. The van der Waals surface area contributed by atoms with Crippen LogP contribution in [0.25, 0.3) is 0 Å². The molecule has 0 radical (unpaired) electrons. The fourth-order valence-electron chi connectivity index (χ4n) is 0.448. The molecule has 4 nitrogen and oxygen atoms in total. The van der Waals surface area contributed by atoms with E-state index in [1.165, 1.54) is 0 Å². The predicted molar refractivity (Wildman–Crippen MR) is 38.7 cm³/mol. The number of carbonyl (C=O) groups is 2. The molecular formula is C7H9NO3. The standard InChI is InChI=1S/C7H9NO3/c1-2-3-4-6(9)8-5-7(10)11/h1H,3-5H2,(H,8,9)(H,10,11). The van der Waals surface area contributed by atoms with E-state index in [1.807, 2.05) is 0 Å². The van der Waals surface area contributed by atoms with Gasteiger partial charge >= 0.3 is 5.97 Å². The van der Waals surface area contributed by atoms with Crippen LogP contribution < -0.4 is 5.32 Å². The summed E-state index contributed by atoms with van der Waals surface area (Å²) in [5.74, 6) is 0.893. The summed E-state index contributed by atoms with van der Waals surface area (Å²) in [7, 11) is 0. The van der Waals surface area contributed by atoms with Gasteiger partial charge in [-0.2, -0.15) is 0 Å². The molecule has 2 N–H and O–H groups in total. The summed E-state index contributed by atoms with van der Waals surface area (Å²) < 4.78 is 0. The van der Waals surface area contributed by atoms with Crippen molar-refractivity contribution in [1.82, 2.24) is 5.32 Å². The highest BCUT2D eigenvalue weighted by Gasteiger charge is 2.01. The SMILES string of the molecule is C#CCCC(=O)NCC(=O)O. The lowest BCUT2D eigenvalue weighted by Gasteiger charge is -1.97.